The van der Waals surface area contributed by atoms with Gasteiger partial charge in [0.15, 0.2) is 0 Å². The van der Waals surface area contributed by atoms with Crippen LogP contribution in [0.25, 0.3) is 0 Å². The van der Waals surface area contributed by atoms with Gasteiger partial charge in [0, 0.05) is 0 Å². The van der Waals surface area contributed by atoms with Crippen molar-refractivity contribution in [3.8, 4) is 0 Å². The minimum Gasteiger partial charge on any atom is -0.399 e. The van der Waals surface area contributed by atoms with Crippen molar-refractivity contribution < 1.29 is 9.36 Å². The molecule has 0 aliphatic carbocycles. The zero-order valence-corrected chi connectivity index (χ0v) is 6.79. The van der Waals surface area contributed by atoms with Gasteiger partial charge in [-0.05, 0) is 13.8 Å². The standard InChI is InChI=1S/C7H10N2O2/c1-5-7(4-8-10-3)6(2)11-9-5/h4H,1-3H3/b8-4+. The highest BCUT2D eigenvalue weighted by Crippen LogP contribution is 2.08. The maximum Gasteiger partial charge on any atom is 0.142 e. The first-order valence-corrected chi connectivity index (χ1v) is 3.25. The molecule has 0 fully saturated rings. The number of oxime groups is 1. The molecule has 0 spiro atoms. The summed E-state index contributed by atoms with van der Waals surface area (Å²) in [5, 5.41) is 7.36. The van der Waals surface area contributed by atoms with Crippen molar-refractivity contribution in [1.29, 1.82) is 0 Å². The molecular formula is C7H10N2O2. The van der Waals surface area contributed by atoms with Crippen molar-refractivity contribution in [1.82, 2.24) is 5.16 Å². The molecule has 0 atom stereocenters. The van der Waals surface area contributed by atoms with Gasteiger partial charge < -0.3 is 9.36 Å². The molecule has 0 bridgehead atoms. The van der Waals surface area contributed by atoms with Crippen LogP contribution >= 0.6 is 0 Å². The lowest BCUT2D eigenvalue weighted by Crippen LogP contribution is -1.85. The quantitative estimate of drug-likeness (QED) is 0.476. The van der Waals surface area contributed by atoms with E-state index in [4.69, 9.17) is 4.52 Å². The Morgan fingerprint density at radius 1 is 1.55 bits per heavy atom. The van der Waals surface area contributed by atoms with E-state index in [9.17, 15) is 0 Å². The van der Waals surface area contributed by atoms with E-state index in [2.05, 4.69) is 15.1 Å². The van der Waals surface area contributed by atoms with Gasteiger partial charge in [-0.15, -0.1) is 0 Å². The Labute approximate surface area is 64.8 Å². The van der Waals surface area contributed by atoms with Crippen molar-refractivity contribution in [3.63, 3.8) is 0 Å². The Morgan fingerprint density at radius 3 is 2.73 bits per heavy atom. The fourth-order valence-corrected chi connectivity index (χ4v) is 0.780. The number of rotatable bonds is 2. The summed E-state index contributed by atoms with van der Waals surface area (Å²) in [5.74, 6) is 0.753. The number of hydrogen-bond acceptors (Lipinski definition) is 4. The monoisotopic (exact) mass is 154 g/mol. The van der Waals surface area contributed by atoms with Gasteiger partial charge >= 0.3 is 0 Å². The first-order chi connectivity index (χ1) is 5.25. The molecule has 4 nitrogen and oxygen atoms in total. The van der Waals surface area contributed by atoms with Gasteiger partial charge in [0.1, 0.15) is 12.9 Å². The van der Waals surface area contributed by atoms with Gasteiger partial charge in [0.05, 0.1) is 17.5 Å². The van der Waals surface area contributed by atoms with E-state index < -0.39 is 0 Å². The Kier molecular flexibility index (Phi) is 2.25. The third-order valence-corrected chi connectivity index (χ3v) is 1.38. The second-order valence-electron chi connectivity index (χ2n) is 2.15. The molecule has 0 aromatic carbocycles. The van der Waals surface area contributed by atoms with Crippen LogP contribution in [-0.4, -0.2) is 18.5 Å². The van der Waals surface area contributed by atoms with E-state index in [1.54, 1.807) is 6.21 Å². The molecule has 0 aliphatic heterocycles. The van der Waals surface area contributed by atoms with Crippen LogP contribution < -0.4 is 0 Å². The number of aryl methyl sites for hydroxylation is 2. The van der Waals surface area contributed by atoms with Crippen LogP contribution in [0.4, 0.5) is 0 Å². The first-order valence-electron chi connectivity index (χ1n) is 3.25. The highest BCUT2D eigenvalue weighted by molar-refractivity contribution is 5.81. The first kappa shape index (κ1) is 7.78. The lowest BCUT2D eigenvalue weighted by Gasteiger charge is -1.87. The summed E-state index contributed by atoms with van der Waals surface area (Å²) in [5.41, 5.74) is 1.70. The molecule has 0 saturated carbocycles. The zero-order chi connectivity index (χ0) is 8.27. The third-order valence-electron chi connectivity index (χ3n) is 1.38. The van der Waals surface area contributed by atoms with Crippen molar-refractivity contribution in [2.45, 2.75) is 13.8 Å². The minimum atomic E-state index is 0.753. The van der Waals surface area contributed by atoms with Gasteiger partial charge in [0.2, 0.25) is 0 Å². The summed E-state index contributed by atoms with van der Waals surface area (Å²) >= 11 is 0. The fourth-order valence-electron chi connectivity index (χ4n) is 0.780. The second kappa shape index (κ2) is 3.18. The highest BCUT2D eigenvalue weighted by atomic mass is 16.6. The lowest BCUT2D eigenvalue weighted by molar-refractivity contribution is 0.215. The Bertz CT molecular complexity index is 246. The van der Waals surface area contributed by atoms with Crippen LogP contribution in [-0.2, 0) is 4.84 Å². The number of aromatic nitrogens is 1. The normalized spacial score (nSPS) is 10.8. The van der Waals surface area contributed by atoms with Crippen molar-refractivity contribution in [2.75, 3.05) is 7.11 Å². The Morgan fingerprint density at radius 2 is 2.27 bits per heavy atom. The fraction of sp³-hybridized carbons (Fsp3) is 0.429. The van der Waals surface area contributed by atoms with E-state index in [0.29, 0.717) is 0 Å². The third kappa shape index (κ3) is 1.58. The highest BCUT2D eigenvalue weighted by Gasteiger charge is 2.04. The smallest absolute Gasteiger partial charge is 0.142 e. The summed E-state index contributed by atoms with van der Waals surface area (Å²) < 4.78 is 4.90. The predicted octanol–water partition coefficient (Wildman–Crippen LogP) is 1.27. The average molecular weight is 154 g/mol. The molecule has 0 unspecified atom stereocenters. The van der Waals surface area contributed by atoms with Crippen LogP contribution in [0.15, 0.2) is 9.68 Å². The Hall–Kier alpha value is -1.32. The van der Waals surface area contributed by atoms with Crippen LogP contribution in [0.5, 0.6) is 0 Å². The molecule has 0 radical (unpaired) electrons. The molecule has 4 heteroatoms. The summed E-state index contributed by atoms with van der Waals surface area (Å²) in [7, 11) is 1.49. The maximum absolute atomic E-state index is 4.90. The van der Waals surface area contributed by atoms with E-state index in [1.807, 2.05) is 13.8 Å². The van der Waals surface area contributed by atoms with E-state index in [0.717, 1.165) is 17.0 Å². The zero-order valence-electron chi connectivity index (χ0n) is 6.79. The lowest BCUT2D eigenvalue weighted by atomic mass is 10.2. The van der Waals surface area contributed by atoms with Gasteiger partial charge in [-0.2, -0.15) is 0 Å². The molecule has 1 rings (SSSR count). The van der Waals surface area contributed by atoms with Crippen LogP contribution in [0.1, 0.15) is 17.0 Å². The summed E-state index contributed by atoms with van der Waals surface area (Å²) in [6.07, 6.45) is 1.58. The largest absolute Gasteiger partial charge is 0.399 e. The summed E-state index contributed by atoms with van der Waals surface area (Å²) in [4.78, 5) is 4.53. The van der Waals surface area contributed by atoms with E-state index in [1.165, 1.54) is 7.11 Å². The molecular weight excluding hydrogens is 144 g/mol. The van der Waals surface area contributed by atoms with Gasteiger partial charge in [-0.3, -0.25) is 0 Å². The molecule has 60 valence electrons. The molecule has 0 aliphatic rings. The topological polar surface area (TPSA) is 47.6 Å². The van der Waals surface area contributed by atoms with E-state index >= 15 is 0 Å². The van der Waals surface area contributed by atoms with Crippen molar-refractivity contribution in [3.05, 3.63) is 17.0 Å². The van der Waals surface area contributed by atoms with Crippen LogP contribution in [0.2, 0.25) is 0 Å². The molecule has 1 aromatic rings. The van der Waals surface area contributed by atoms with Crippen LogP contribution in [0.3, 0.4) is 0 Å². The van der Waals surface area contributed by atoms with Crippen LogP contribution in [0, 0.1) is 13.8 Å². The summed E-state index contributed by atoms with van der Waals surface area (Å²) in [6, 6.07) is 0. The minimum absolute atomic E-state index is 0.753. The summed E-state index contributed by atoms with van der Waals surface area (Å²) in [6.45, 7) is 3.69. The van der Waals surface area contributed by atoms with E-state index in [-0.39, 0.29) is 0 Å². The second-order valence-corrected chi connectivity index (χ2v) is 2.15. The molecule has 1 heterocycles. The maximum atomic E-state index is 4.90. The molecule has 11 heavy (non-hydrogen) atoms. The van der Waals surface area contributed by atoms with Gasteiger partial charge in [-0.1, -0.05) is 10.3 Å². The average Bonchev–Trinajstić information content (AvgIpc) is 2.29. The number of nitrogens with zero attached hydrogens (tertiary/aromatic N) is 2. The van der Waals surface area contributed by atoms with Gasteiger partial charge in [0.25, 0.3) is 0 Å². The molecule has 0 amide bonds. The Balaban J connectivity index is 2.92. The van der Waals surface area contributed by atoms with Crippen molar-refractivity contribution >= 4 is 6.21 Å². The molecule has 1 aromatic heterocycles. The SMILES string of the molecule is CO/N=C/c1c(C)noc1C. The molecule has 0 saturated heterocycles. The molecule has 0 N–H and O–H groups in total. The van der Waals surface area contributed by atoms with Gasteiger partial charge in [-0.25, -0.2) is 0 Å². The number of hydrogen-bond donors (Lipinski definition) is 0. The van der Waals surface area contributed by atoms with Crippen molar-refractivity contribution in [2.24, 2.45) is 5.16 Å². The predicted molar refractivity (Wildman–Crippen MR) is 40.6 cm³/mol.